The molecule has 11 heavy (non-hydrogen) atoms. The van der Waals surface area contributed by atoms with Crippen molar-refractivity contribution < 1.29 is 5.11 Å². The molecule has 1 nitrogen and oxygen atoms in total. The predicted molar refractivity (Wildman–Crippen MR) is 55.5 cm³/mol. The molecule has 0 aliphatic heterocycles. The van der Waals surface area contributed by atoms with Crippen LogP contribution in [0.25, 0.3) is 6.08 Å². The third kappa shape index (κ3) is 3.03. The van der Waals surface area contributed by atoms with Crippen LogP contribution >= 0.6 is 22.6 Å². The fourth-order valence-electron chi connectivity index (χ4n) is 0.776. The number of halogens is 1. The summed E-state index contributed by atoms with van der Waals surface area (Å²) in [7, 11) is 0. The monoisotopic (exact) mass is 260 g/mol. The van der Waals surface area contributed by atoms with E-state index in [2.05, 4.69) is 22.6 Å². The van der Waals surface area contributed by atoms with Crippen molar-refractivity contribution in [1.29, 1.82) is 0 Å². The number of hydrogen-bond donors (Lipinski definition) is 1. The molecule has 0 aliphatic rings. The Balaban J connectivity index is 2.79. The van der Waals surface area contributed by atoms with E-state index in [1.165, 1.54) is 0 Å². The molecule has 0 spiro atoms. The van der Waals surface area contributed by atoms with Crippen LogP contribution in [-0.2, 0) is 0 Å². The Labute approximate surface area is 79.9 Å². The van der Waals surface area contributed by atoms with Gasteiger partial charge in [0.05, 0.1) is 6.61 Å². The van der Waals surface area contributed by atoms with Gasteiger partial charge in [0.2, 0.25) is 0 Å². The molecule has 0 atom stereocenters. The van der Waals surface area contributed by atoms with Gasteiger partial charge in [0, 0.05) is 3.58 Å². The number of benzene rings is 1. The lowest BCUT2D eigenvalue weighted by atomic mass is 10.2. The summed E-state index contributed by atoms with van der Waals surface area (Å²) in [5.74, 6) is 0. The normalized spacial score (nSPS) is 11.6. The van der Waals surface area contributed by atoms with E-state index in [1.807, 2.05) is 36.4 Å². The first-order valence-electron chi connectivity index (χ1n) is 3.35. The third-order valence-corrected chi connectivity index (χ3v) is 1.93. The van der Waals surface area contributed by atoms with E-state index in [4.69, 9.17) is 5.11 Å². The second-order valence-electron chi connectivity index (χ2n) is 2.16. The largest absolute Gasteiger partial charge is 0.391 e. The van der Waals surface area contributed by atoms with Crippen molar-refractivity contribution >= 4 is 28.7 Å². The van der Waals surface area contributed by atoms with Gasteiger partial charge in [0.1, 0.15) is 0 Å². The standard InChI is InChI=1S/C9H9IO/c10-9(7-11)6-8-4-2-1-3-5-8/h1-6,11H,7H2/b9-6+. The first-order valence-corrected chi connectivity index (χ1v) is 4.43. The maximum atomic E-state index is 8.72. The van der Waals surface area contributed by atoms with Crippen LogP contribution in [0.2, 0.25) is 0 Å². The van der Waals surface area contributed by atoms with E-state index in [0.29, 0.717) is 0 Å². The van der Waals surface area contributed by atoms with Crippen molar-refractivity contribution in [2.24, 2.45) is 0 Å². The van der Waals surface area contributed by atoms with Gasteiger partial charge in [-0.2, -0.15) is 0 Å². The molecule has 58 valence electrons. The minimum atomic E-state index is 0.120. The quantitative estimate of drug-likeness (QED) is 0.810. The molecule has 1 aromatic carbocycles. The van der Waals surface area contributed by atoms with E-state index in [-0.39, 0.29) is 6.61 Å². The summed E-state index contributed by atoms with van der Waals surface area (Å²) < 4.78 is 0.953. The molecule has 0 bridgehead atoms. The van der Waals surface area contributed by atoms with Crippen LogP contribution in [0.3, 0.4) is 0 Å². The van der Waals surface area contributed by atoms with Crippen molar-refractivity contribution in [2.75, 3.05) is 6.61 Å². The van der Waals surface area contributed by atoms with Gasteiger partial charge in [0.25, 0.3) is 0 Å². The predicted octanol–water partition coefficient (Wildman–Crippen LogP) is 2.45. The lowest BCUT2D eigenvalue weighted by Gasteiger charge is -1.93. The molecule has 0 saturated heterocycles. The number of hydrogen-bond acceptors (Lipinski definition) is 1. The second kappa shape index (κ2) is 4.51. The molecule has 1 N–H and O–H groups in total. The molecule has 0 amide bonds. The average Bonchev–Trinajstić information content (AvgIpc) is 2.06. The number of rotatable bonds is 2. The fourth-order valence-corrected chi connectivity index (χ4v) is 1.14. The van der Waals surface area contributed by atoms with Gasteiger partial charge in [-0.25, -0.2) is 0 Å². The first kappa shape index (κ1) is 8.74. The van der Waals surface area contributed by atoms with E-state index in [0.717, 1.165) is 9.14 Å². The Morgan fingerprint density at radius 3 is 2.55 bits per heavy atom. The summed E-state index contributed by atoms with van der Waals surface area (Å²) in [5, 5.41) is 8.72. The fraction of sp³-hybridized carbons (Fsp3) is 0.111. The van der Waals surface area contributed by atoms with E-state index >= 15 is 0 Å². The number of aliphatic hydroxyl groups excluding tert-OH is 1. The highest BCUT2D eigenvalue weighted by atomic mass is 127. The molecular formula is C9H9IO. The Bertz CT molecular complexity index is 241. The van der Waals surface area contributed by atoms with Crippen LogP contribution in [0.15, 0.2) is 33.9 Å². The molecule has 0 radical (unpaired) electrons. The van der Waals surface area contributed by atoms with Gasteiger partial charge in [-0.3, -0.25) is 0 Å². The van der Waals surface area contributed by atoms with Gasteiger partial charge in [-0.1, -0.05) is 30.3 Å². The van der Waals surface area contributed by atoms with Crippen LogP contribution in [0, 0.1) is 0 Å². The molecule has 0 saturated carbocycles. The summed E-state index contributed by atoms with van der Waals surface area (Å²) >= 11 is 2.12. The summed E-state index contributed by atoms with van der Waals surface area (Å²) in [6, 6.07) is 9.95. The zero-order valence-electron chi connectivity index (χ0n) is 6.00. The van der Waals surface area contributed by atoms with Gasteiger partial charge < -0.3 is 5.11 Å². The van der Waals surface area contributed by atoms with E-state index < -0.39 is 0 Å². The third-order valence-electron chi connectivity index (χ3n) is 1.27. The molecule has 0 aliphatic carbocycles. The van der Waals surface area contributed by atoms with Gasteiger partial charge in [-0.05, 0) is 34.2 Å². The summed E-state index contributed by atoms with van der Waals surface area (Å²) in [6.07, 6.45) is 1.96. The molecule has 2 heteroatoms. The van der Waals surface area contributed by atoms with Crippen molar-refractivity contribution in [3.8, 4) is 0 Å². The Morgan fingerprint density at radius 2 is 2.00 bits per heavy atom. The summed E-state index contributed by atoms with van der Waals surface area (Å²) in [5.41, 5.74) is 1.13. The molecule has 0 aromatic heterocycles. The first-order chi connectivity index (χ1) is 5.33. The minimum absolute atomic E-state index is 0.120. The zero-order chi connectivity index (χ0) is 8.10. The van der Waals surface area contributed by atoms with Crippen LogP contribution < -0.4 is 0 Å². The smallest absolute Gasteiger partial charge is 0.0739 e. The second-order valence-corrected chi connectivity index (χ2v) is 3.55. The summed E-state index contributed by atoms with van der Waals surface area (Å²) in [6.45, 7) is 0.120. The maximum absolute atomic E-state index is 8.72. The Kier molecular flexibility index (Phi) is 3.59. The lowest BCUT2D eigenvalue weighted by Crippen LogP contribution is -1.79. The zero-order valence-corrected chi connectivity index (χ0v) is 8.15. The van der Waals surface area contributed by atoms with Crippen LogP contribution in [0.4, 0.5) is 0 Å². The minimum Gasteiger partial charge on any atom is -0.391 e. The maximum Gasteiger partial charge on any atom is 0.0739 e. The average molecular weight is 260 g/mol. The topological polar surface area (TPSA) is 20.2 Å². The van der Waals surface area contributed by atoms with Crippen molar-refractivity contribution in [2.45, 2.75) is 0 Å². The van der Waals surface area contributed by atoms with Crippen molar-refractivity contribution in [3.05, 3.63) is 39.5 Å². The molecule has 0 fully saturated rings. The van der Waals surface area contributed by atoms with Crippen LogP contribution in [0.1, 0.15) is 5.56 Å². The molecule has 0 unspecified atom stereocenters. The van der Waals surface area contributed by atoms with Crippen LogP contribution in [0.5, 0.6) is 0 Å². The number of aliphatic hydroxyl groups is 1. The van der Waals surface area contributed by atoms with E-state index in [1.54, 1.807) is 0 Å². The summed E-state index contributed by atoms with van der Waals surface area (Å²) in [4.78, 5) is 0. The highest BCUT2D eigenvalue weighted by molar-refractivity contribution is 14.1. The highest BCUT2D eigenvalue weighted by Gasteiger charge is 1.88. The van der Waals surface area contributed by atoms with Gasteiger partial charge >= 0.3 is 0 Å². The van der Waals surface area contributed by atoms with Gasteiger partial charge in [-0.15, -0.1) is 0 Å². The van der Waals surface area contributed by atoms with Crippen molar-refractivity contribution in [3.63, 3.8) is 0 Å². The van der Waals surface area contributed by atoms with Crippen LogP contribution in [-0.4, -0.2) is 11.7 Å². The lowest BCUT2D eigenvalue weighted by molar-refractivity contribution is 0.342. The SMILES string of the molecule is OC/C(I)=C\c1ccccc1. The van der Waals surface area contributed by atoms with Gasteiger partial charge in [0.15, 0.2) is 0 Å². The molecule has 1 aromatic rings. The van der Waals surface area contributed by atoms with E-state index in [9.17, 15) is 0 Å². The van der Waals surface area contributed by atoms with Crippen molar-refractivity contribution in [1.82, 2.24) is 0 Å². The Hall–Kier alpha value is -0.350. The Morgan fingerprint density at radius 1 is 1.36 bits per heavy atom. The molecule has 1 rings (SSSR count). The molecule has 0 heterocycles. The highest BCUT2D eigenvalue weighted by Crippen LogP contribution is 2.10. The molecular weight excluding hydrogens is 251 g/mol.